The van der Waals surface area contributed by atoms with Crippen molar-refractivity contribution in [3.8, 4) is 0 Å². The van der Waals surface area contributed by atoms with Crippen LogP contribution in [0.2, 0.25) is 5.02 Å². The Balaban J connectivity index is 1.97. The Morgan fingerprint density at radius 3 is 2.79 bits per heavy atom. The third-order valence-electron chi connectivity index (χ3n) is 2.33. The van der Waals surface area contributed by atoms with E-state index in [0.29, 0.717) is 16.5 Å². The predicted octanol–water partition coefficient (Wildman–Crippen LogP) is 3.17. The number of carboxylic acid groups (broad SMARTS) is 1. The number of halogens is 1. The standard InChI is InChI=1S/C12H11ClN2O2S2/c13-7-1-3-8(4-2-7)18-6-10-15-9(5-19-10)11(14)12(16)17/h1-5,11H,6,14H2,(H,16,17). The summed E-state index contributed by atoms with van der Waals surface area (Å²) < 4.78 is 0. The first kappa shape index (κ1) is 14.3. The second-order valence-corrected chi connectivity index (χ2v) is 6.15. The van der Waals surface area contributed by atoms with Crippen molar-refractivity contribution in [1.29, 1.82) is 0 Å². The molecule has 0 spiro atoms. The second-order valence-electron chi connectivity index (χ2n) is 3.72. The number of aliphatic carboxylic acids is 1. The predicted molar refractivity (Wildman–Crippen MR) is 77.7 cm³/mol. The Morgan fingerprint density at radius 2 is 2.16 bits per heavy atom. The third-order valence-corrected chi connectivity index (χ3v) is 4.66. The molecule has 19 heavy (non-hydrogen) atoms. The number of benzene rings is 1. The first-order valence-corrected chi connectivity index (χ1v) is 7.61. The Morgan fingerprint density at radius 1 is 1.47 bits per heavy atom. The minimum absolute atomic E-state index is 0.407. The summed E-state index contributed by atoms with van der Waals surface area (Å²) in [6.45, 7) is 0. The van der Waals surface area contributed by atoms with E-state index in [1.165, 1.54) is 11.3 Å². The highest BCUT2D eigenvalue weighted by Crippen LogP contribution is 2.26. The Hall–Kier alpha value is -1.08. The molecule has 7 heteroatoms. The van der Waals surface area contributed by atoms with Gasteiger partial charge in [0.1, 0.15) is 11.0 Å². The van der Waals surface area contributed by atoms with E-state index in [4.69, 9.17) is 22.4 Å². The average molecular weight is 315 g/mol. The van der Waals surface area contributed by atoms with E-state index in [2.05, 4.69) is 4.98 Å². The molecule has 0 radical (unpaired) electrons. The molecule has 0 saturated heterocycles. The molecule has 0 amide bonds. The molecule has 100 valence electrons. The van der Waals surface area contributed by atoms with Crippen molar-refractivity contribution in [3.63, 3.8) is 0 Å². The molecule has 1 atom stereocenters. The fraction of sp³-hybridized carbons (Fsp3) is 0.167. The van der Waals surface area contributed by atoms with Gasteiger partial charge in [0.15, 0.2) is 0 Å². The van der Waals surface area contributed by atoms with Crippen molar-refractivity contribution in [1.82, 2.24) is 4.98 Å². The van der Waals surface area contributed by atoms with Crippen molar-refractivity contribution in [2.45, 2.75) is 16.7 Å². The van der Waals surface area contributed by atoms with Gasteiger partial charge in [-0.15, -0.1) is 23.1 Å². The van der Waals surface area contributed by atoms with E-state index in [-0.39, 0.29) is 0 Å². The van der Waals surface area contributed by atoms with Gasteiger partial charge in [-0.3, -0.25) is 4.79 Å². The zero-order chi connectivity index (χ0) is 13.8. The summed E-state index contributed by atoms with van der Waals surface area (Å²) in [6.07, 6.45) is 0. The number of hydrogen-bond acceptors (Lipinski definition) is 5. The van der Waals surface area contributed by atoms with Gasteiger partial charge in [0.05, 0.1) is 11.4 Å². The first-order valence-electron chi connectivity index (χ1n) is 5.37. The highest BCUT2D eigenvalue weighted by atomic mass is 35.5. The van der Waals surface area contributed by atoms with E-state index in [1.54, 1.807) is 17.1 Å². The molecule has 1 unspecified atom stereocenters. The fourth-order valence-electron chi connectivity index (χ4n) is 1.34. The molecular weight excluding hydrogens is 304 g/mol. The summed E-state index contributed by atoms with van der Waals surface area (Å²) >= 11 is 8.84. The SMILES string of the molecule is NC(C(=O)O)c1csc(CSc2ccc(Cl)cc2)n1. The third kappa shape index (κ3) is 3.94. The quantitative estimate of drug-likeness (QED) is 0.829. The minimum atomic E-state index is -1.07. The van der Waals surface area contributed by atoms with Crippen molar-refractivity contribution < 1.29 is 9.90 Å². The van der Waals surface area contributed by atoms with Crippen molar-refractivity contribution >= 4 is 40.7 Å². The minimum Gasteiger partial charge on any atom is -0.480 e. The summed E-state index contributed by atoms with van der Waals surface area (Å²) in [6, 6.07) is 6.48. The molecule has 0 saturated carbocycles. The van der Waals surface area contributed by atoms with Crippen LogP contribution < -0.4 is 5.73 Å². The normalized spacial score (nSPS) is 12.3. The summed E-state index contributed by atoms with van der Waals surface area (Å²) in [4.78, 5) is 16.1. The Labute approximate surface area is 123 Å². The van der Waals surface area contributed by atoms with Gasteiger partial charge in [-0.25, -0.2) is 4.98 Å². The first-order chi connectivity index (χ1) is 9.06. The number of aromatic nitrogens is 1. The van der Waals surface area contributed by atoms with Crippen LogP contribution in [0.15, 0.2) is 34.5 Å². The van der Waals surface area contributed by atoms with Gasteiger partial charge in [-0.05, 0) is 24.3 Å². The number of nitrogens with two attached hydrogens (primary N) is 1. The molecule has 1 aromatic carbocycles. The van der Waals surface area contributed by atoms with Crippen LogP contribution >= 0.6 is 34.7 Å². The summed E-state index contributed by atoms with van der Waals surface area (Å²) in [7, 11) is 0. The maximum Gasteiger partial charge on any atom is 0.326 e. The van der Waals surface area contributed by atoms with E-state index in [9.17, 15) is 4.79 Å². The van der Waals surface area contributed by atoms with Crippen LogP contribution in [0.25, 0.3) is 0 Å². The molecule has 1 heterocycles. The zero-order valence-electron chi connectivity index (χ0n) is 9.75. The number of hydrogen-bond donors (Lipinski definition) is 2. The maximum absolute atomic E-state index is 10.7. The Kier molecular flexibility index (Phi) is 4.81. The Bertz CT molecular complexity index is 571. The smallest absolute Gasteiger partial charge is 0.326 e. The lowest BCUT2D eigenvalue weighted by atomic mass is 10.2. The van der Waals surface area contributed by atoms with Gasteiger partial charge in [0.25, 0.3) is 0 Å². The van der Waals surface area contributed by atoms with E-state index >= 15 is 0 Å². The molecule has 2 rings (SSSR count). The maximum atomic E-state index is 10.7. The lowest BCUT2D eigenvalue weighted by Gasteiger charge is -2.01. The summed E-state index contributed by atoms with van der Waals surface area (Å²) in [5, 5.41) is 12.0. The molecular formula is C12H11ClN2O2S2. The molecule has 2 aromatic rings. The van der Waals surface area contributed by atoms with Gasteiger partial charge in [-0.1, -0.05) is 11.6 Å². The van der Waals surface area contributed by atoms with Gasteiger partial charge >= 0.3 is 5.97 Å². The van der Waals surface area contributed by atoms with Crippen LogP contribution in [0.5, 0.6) is 0 Å². The fourth-order valence-corrected chi connectivity index (χ4v) is 3.21. The van der Waals surface area contributed by atoms with Crippen LogP contribution in [0.1, 0.15) is 16.7 Å². The molecule has 0 aliphatic rings. The lowest BCUT2D eigenvalue weighted by molar-refractivity contribution is -0.138. The largest absolute Gasteiger partial charge is 0.480 e. The molecule has 0 fully saturated rings. The number of carbonyl (C=O) groups is 1. The number of carboxylic acids is 1. The molecule has 3 N–H and O–H groups in total. The number of nitrogens with zero attached hydrogens (tertiary/aromatic N) is 1. The van der Waals surface area contributed by atoms with Gasteiger partial charge in [0, 0.05) is 15.3 Å². The van der Waals surface area contributed by atoms with Crippen LogP contribution in [0, 0.1) is 0 Å². The second kappa shape index (κ2) is 6.38. The van der Waals surface area contributed by atoms with Gasteiger partial charge in [-0.2, -0.15) is 0 Å². The highest BCUT2D eigenvalue weighted by molar-refractivity contribution is 7.98. The topological polar surface area (TPSA) is 76.2 Å². The van der Waals surface area contributed by atoms with E-state index < -0.39 is 12.0 Å². The van der Waals surface area contributed by atoms with Crippen molar-refractivity contribution in [2.24, 2.45) is 5.73 Å². The van der Waals surface area contributed by atoms with Crippen molar-refractivity contribution in [3.05, 3.63) is 45.4 Å². The average Bonchev–Trinajstić information content (AvgIpc) is 2.86. The van der Waals surface area contributed by atoms with Gasteiger partial charge in [0.2, 0.25) is 0 Å². The molecule has 1 aromatic heterocycles. The summed E-state index contributed by atoms with van der Waals surface area (Å²) in [5.74, 6) is -0.388. The van der Waals surface area contributed by atoms with E-state index in [1.807, 2.05) is 24.3 Å². The van der Waals surface area contributed by atoms with Crippen LogP contribution in [-0.2, 0) is 10.5 Å². The molecule has 4 nitrogen and oxygen atoms in total. The lowest BCUT2D eigenvalue weighted by Crippen LogP contribution is -2.20. The van der Waals surface area contributed by atoms with Crippen LogP contribution in [-0.4, -0.2) is 16.1 Å². The monoisotopic (exact) mass is 314 g/mol. The summed E-state index contributed by atoms with van der Waals surface area (Å²) in [5.41, 5.74) is 5.90. The van der Waals surface area contributed by atoms with E-state index in [0.717, 1.165) is 9.90 Å². The molecule has 0 bridgehead atoms. The number of rotatable bonds is 5. The van der Waals surface area contributed by atoms with Crippen LogP contribution in [0.4, 0.5) is 0 Å². The molecule has 0 aliphatic heterocycles. The number of thiazole rings is 1. The van der Waals surface area contributed by atoms with Gasteiger partial charge < -0.3 is 10.8 Å². The van der Waals surface area contributed by atoms with Crippen LogP contribution in [0.3, 0.4) is 0 Å². The zero-order valence-corrected chi connectivity index (χ0v) is 12.1. The van der Waals surface area contributed by atoms with Crippen molar-refractivity contribution in [2.75, 3.05) is 0 Å². The molecule has 0 aliphatic carbocycles. The number of thioether (sulfide) groups is 1. The highest BCUT2D eigenvalue weighted by Gasteiger charge is 2.17.